The number of benzene rings is 2. The van der Waals surface area contributed by atoms with Crippen LogP contribution < -0.4 is 0 Å². The van der Waals surface area contributed by atoms with Gasteiger partial charge in [-0.05, 0) is 23.8 Å². The highest BCUT2D eigenvalue weighted by Crippen LogP contribution is 2.45. The van der Waals surface area contributed by atoms with Crippen molar-refractivity contribution in [2.24, 2.45) is 11.8 Å². The summed E-state index contributed by atoms with van der Waals surface area (Å²) in [5, 5.41) is 0.127. The van der Waals surface area contributed by atoms with Crippen molar-refractivity contribution in [3.63, 3.8) is 0 Å². The molecular formula is C21H20ClFN2O2. The number of fused-ring (bicyclic) bond motifs is 1. The van der Waals surface area contributed by atoms with Crippen molar-refractivity contribution in [3.05, 3.63) is 70.5 Å². The molecule has 2 aromatic rings. The Hall–Kier alpha value is -2.40. The summed E-state index contributed by atoms with van der Waals surface area (Å²) in [7, 11) is 0. The van der Waals surface area contributed by atoms with E-state index in [1.54, 1.807) is 11.8 Å². The molecule has 2 amide bonds. The van der Waals surface area contributed by atoms with Gasteiger partial charge >= 0.3 is 0 Å². The van der Waals surface area contributed by atoms with E-state index in [9.17, 15) is 14.0 Å². The van der Waals surface area contributed by atoms with E-state index < -0.39 is 5.82 Å². The fraction of sp³-hybridized carbons (Fsp3) is 0.333. The average Bonchev–Trinajstić information content (AvgIpc) is 3.19. The Labute approximate surface area is 162 Å². The van der Waals surface area contributed by atoms with Crippen LogP contribution in [0.2, 0.25) is 5.02 Å². The van der Waals surface area contributed by atoms with Gasteiger partial charge in [0.15, 0.2) is 0 Å². The van der Waals surface area contributed by atoms with Crippen molar-refractivity contribution in [2.45, 2.75) is 13.0 Å². The van der Waals surface area contributed by atoms with Crippen LogP contribution >= 0.6 is 11.6 Å². The third-order valence-corrected chi connectivity index (χ3v) is 5.97. The van der Waals surface area contributed by atoms with Crippen molar-refractivity contribution in [2.75, 3.05) is 19.6 Å². The number of hydrogen-bond donors (Lipinski definition) is 0. The molecule has 0 spiro atoms. The molecule has 0 unspecified atom stereocenters. The third-order valence-electron chi connectivity index (χ3n) is 5.66. The van der Waals surface area contributed by atoms with Gasteiger partial charge in [0.25, 0.3) is 5.91 Å². The first kappa shape index (κ1) is 18.0. The van der Waals surface area contributed by atoms with Gasteiger partial charge in [-0.3, -0.25) is 9.59 Å². The lowest BCUT2D eigenvalue weighted by Crippen LogP contribution is -2.36. The second kappa shape index (κ2) is 6.97. The molecule has 0 bridgehead atoms. The molecule has 27 heavy (non-hydrogen) atoms. The molecular weight excluding hydrogens is 367 g/mol. The highest BCUT2D eigenvalue weighted by Gasteiger charge is 2.49. The van der Waals surface area contributed by atoms with Gasteiger partial charge in [0.05, 0.1) is 16.6 Å². The second-order valence-corrected chi connectivity index (χ2v) is 7.69. The Bertz CT molecular complexity index is 889. The molecule has 3 atom stereocenters. The molecule has 2 heterocycles. The third kappa shape index (κ3) is 3.21. The average molecular weight is 387 g/mol. The number of halogens is 2. The van der Waals surface area contributed by atoms with Crippen molar-refractivity contribution >= 4 is 23.4 Å². The summed E-state index contributed by atoms with van der Waals surface area (Å²) < 4.78 is 13.3. The van der Waals surface area contributed by atoms with Gasteiger partial charge in [-0.25, -0.2) is 4.39 Å². The fourth-order valence-electron chi connectivity index (χ4n) is 4.45. The summed E-state index contributed by atoms with van der Waals surface area (Å²) in [6.45, 7) is 3.36. The Morgan fingerprint density at radius 2 is 1.81 bits per heavy atom. The first-order valence-electron chi connectivity index (χ1n) is 9.02. The van der Waals surface area contributed by atoms with Crippen LogP contribution in [0.4, 0.5) is 4.39 Å². The molecule has 2 fully saturated rings. The van der Waals surface area contributed by atoms with Gasteiger partial charge in [-0.1, -0.05) is 41.9 Å². The van der Waals surface area contributed by atoms with Crippen LogP contribution in [0.25, 0.3) is 0 Å². The summed E-state index contributed by atoms with van der Waals surface area (Å²) in [5.41, 5.74) is 1.41. The molecule has 6 heteroatoms. The van der Waals surface area contributed by atoms with Gasteiger partial charge in [0, 0.05) is 38.4 Å². The molecule has 0 radical (unpaired) electrons. The molecule has 4 rings (SSSR count). The first-order valence-corrected chi connectivity index (χ1v) is 9.40. The van der Waals surface area contributed by atoms with E-state index >= 15 is 0 Å². The number of rotatable bonds is 2. The van der Waals surface area contributed by atoms with Crippen molar-refractivity contribution in [1.82, 2.24) is 9.80 Å². The number of amides is 2. The van der Waals surface area contributed by atoms with E-state index in [0.29, 0.717) is 25.2 Å². The van der Waals surface area contributed by atoms with E-state index in [1.165, 1.54) is 12.1 Å². The Morgan fingerprint density at radius 3 is 2.48 bits per heavy atom. The molecule has 140 valence electrons. The summed E-state index contributed by atoms with van der Waals surface area (Å²) in [4.78, 5) is 28.8. The molecule has 4 nitrogen and oxygen atoms in total. The molecule has 0 saturated carbocycles. The van der Waals surface area contributed by atoms with Crippen LogP contribution in [-0.4, -0.2) is 41.2 Å². The minimum atomic E-state index is -0.462. The lowest BCUT2D eigenvalue weighted by Gasteiger charge is -2.29. The molecule has 2 aliphatic rings. The van der Waals surface area contributed by atoms with Crippen LogP contribution in [-0.2, 0) is 4.79 Å². The quantitative estimate of drug-likeness (QED) is 0.788. The standard InChI is InChI=1S/C21H20ClFN2O2/c1-13(26)25-11-15-10-24(21(27)17-8-7-16(23)9-19(17)22)12-18(15)20(25)14-5-3-2-4-6-14/h2-9,15,18,20H,10-12H2,1H3/t15-,18-,20+/m1/s1. The molecule has 2 aromatic carbocycles. The maximum Gasteiger partial charge on any atom is 0.255 e. The monoisotopic (exact) mass is 386 g/mol. The van der Waals surface area contributed by atoms with Crippen molar-refractivity contribution < 1.29 is 14.0 Å². The maximum absolute atomic E-state index is 13.3. The summed E-state index contributed by atoms with van der Waals surface area (Å²) in [6.07, 6.45) is 0. The summed E-state index contributed by atoms with van der Waals surface area (Å²) >= 11 is 6.07. The fourth-order valence-corrected chi connectivity index (χ4v) is 4.69. The second-order valence-electron chi connectivity index (χ2n) is 7.29. The number of nitrogens with zero attached hydrogens (tertiary/aromatic N) is 2. The number of likely N-dealkylation sites (tertiary alicyclic amines) is 2. The molecule has 0 N–H and O–H groups in total. The zero-order valence-corrected chi connectivity index (χ0v) is 15.7. The zero-order valence-electron chi connectivity index (χ0n) is 14.9. The highest BCUT2D eigenvalue weighted by atomic mass is 35.5. The van der Waals surface area contributed by atoms with Crippen molar-refractivity contribution in [3.8, 4) is 0 Å². The van der Waals surface area contributed by atoms with Gasteiger partial charge in [0.1, 0.15) is 5.82 Å². The van der Waals surface area contributed by atoms with Gasteiger partial charge in [-0.2, -0.15) is 0 Å². The van der Waals surface area contributed by atoms with E-state index in [-0.39, 0.29) is 34.7 Å². The first-order chi connectivity index (χ1) is 13.0. The van der Waals surface area contributed by atoms with Crippen LogP contribution in [0, 0.1) is 17.7 Å². The largest absolute Gasteiger partial charge is 0.338 e. The molecule has 0 aliphatic carbocycles. The van der Waals surface area contributed by atoms with E-state index in [0.717, 1.165) is 11.6 Å². The van der Waals surface area contributed by atoms with E-state index in [1.807, 2.05) is 35.2 Å². The Morgan fingerprint density at radius 1 is 1.07 bits per heavy atom. The van der Waals surface area contributed by atoms with Crippen LogP contribution in [0.5, 0.6) is 0 Å². The van der Waals surface area contributed by atoms with Crippen LogP contribution in [0.15, 0.2) is 48.5 Å². The molecule has 2 saturated heterocycles. The predicted molar refractivity (Wildman–Crippen MR) is 101 cm³/mol. The van der Waals surface area contributed by atoms with E-state index in [2.05, 4.69) is 0 Å². The maximum atomic E-state index is 13.3. The Balaban J connectivity index is 1.59. The van der Waals surface area contributed by atoms with Gasteiger partial charge in [-0.15, -0.1) is 0 Å². The topological polar surface area (TPSA) is 40.6 Å². The van der Waals surface area contributed by atoms with Crippen molar-refractivity contribution in [1.29, 1.82) is 0 Å². The smallest absolute Gasteiger partial charge is 0.255 e. The minimum absolute atomic E-state index is 0.0322. The predicted octanol–water partition coefficient (Wildman–Crippen LogP) is 3.77. The lowest BCUT2D eigenvalue weighted by atomic mass is 9.89. The summed E-state index contributed by atoms with van der Waals surface area (Å²) in [6, 6.07) is 13.8. The lowest BCUT2D eigenvalue weighted by molar-refractivity contribution is -0.130. The van der Waals surface area contributed by atoms with Gasteiger partial charge in [0.2, 0.25) is 5.91 Å². The highest BCUT2D eigenvalue weighted by molar-refractivity contribution is 6.33. The number of carbonyl (C=O) groups excluding carboxylic acids is 2. The van der Waals surface area contributed by atoms with Crippen LogP contribution in [0.1, 0.15) is 28.9 Å². The summed E-state index contributed by atoms with van der Waals surface area (Å²) in [5.74, 6) is -0.189. The normalized spacial score (nSPS) is 24.2. The number of hydrogen-bond acceptors (Lipinski definition) is 2. The number of carbonyl (C=O) groups is 2. The Kier molecular flexibility index (Phi) is 4.64. The van der Waals surface area contributed by atoms with Gasteiger partial charge < -0.3 is 9.80 Å². The van der Waals surface area contributed by atoms with Crippen LogP contribution in [0.3, 0.4) is 0 Å². The SMILES string of the molecule is CC(=O)N1C[C@H]2CN(C(=O)c3ccc(F)cc3Cl)C[C@H]2[C@@H]1c1ccccc1. The van der Waals surface area contributed by atoms with E-state index in [4.69, 9.17) is 11.6 Å². The molecule has 2 aliphatic heterocycles. The minimum Gasteiger partial charge on any atom is -0.338 e. The zero-order chi connectivity index (χ0) is 19.1. The molecule has 0 aromatic heterocycles.